The molecule has 1 atom stereocenters. The molecule has 0 saturated carbocycles. The van der Waals surface area contributed by atoms with Crippen LogP contribution in [0.1, 0.15) is 43.9 Å². The fourth-order valence-electron chi connectivity index (χ4n) is 4.84. The average Bonchev–Trinajstić information content (AvgIpc) is 2.69. The Morgan fingerprint density at radius 1 is 1.03 bits per heavy atom. The summed E-state index contributed by atoms with van der Waals surface area (Å²) in [6.45, 7) is 4.34. The summed E-state index contributed by atoms with van der Waals surface area (Å²) < 4.78 is 1.20. The molecule has 5 rings (SSSR count). The number of ketones is 1. The van der Waals surface area contributed by atoms with Crippen LogP contribution in [0.15, 0.2) is 63.0 Å². The van der Waals surface area contributed by atoms with Crippen LogP contribution in [0.3, 0.4) is 0 Å². The van der Waals surface area contributed by atoms with Crippen molar-refractivity contribution in [3.63, 3.8) is 0 Å². The van der Waals surface area contributed by atoms with Gasteiger partial charge in [-0.1, -0.05) is 44.2 Å². The van der Waals surface area contributed by atoms with Crippen LogP contribution < -0.4 is 5.32 Å². The maximum Gasteiger partial charge on any atom is 0.162 e. The van der Waals surface area contributed by atoms with Gasteiger partial charge in [-0.05, 0) is 83.8 Å². The molecule has 0 radical (unpaired) electrons. The Kier molecular flexibility index (Phi) is 4.60. The lowest BCUT2D eigenvalue weighted by Gasteiger charge is -2.40. The summed E-state index contributed by atoms with van der Waals surface area (Å²) in [6.07, 6.45) is 1.39. The van der Waals surface area contributed by atoms with E-state index >= 15 is 0 Å². The quantitative estimate of drug-likeness (QED) is 0.347. The lowest BCUT2D eigenvalue weighted by Crippen LogP contribution is -2.33. The van der Waals surface area contributed by atoms with Crippen LogP contribution in [0.25, 0.3) is 16.3 Å². The molecule has 0 bridgehead atoms. The first kappa shape index (κ1) is 19.8. The number of rotatable bonds is 1. The van der Waals surface area contributed by atoms with Gasteiger partial charge >= 0.3 is 0 Å². The third-order valence-corrected chi connectivity index (χ3v) is 7.32. The fraction of sp³-hybridized carbons (Fsp3) is 0.240. The third-order valence-electron chi connectivity index (χ3n) is 6.11. The van der Waals surface area contributed by atoms with Crippen LogP contribution in [0.2, 0.25) is 0 Å². The first-order chi connectivity index (χ1) is 14.2. The molecule has 2 N–H and O–H groups in total. The summed E-state index contributed by atoms with van der Waals surface area (Å²) >= 11 is 6.88. The summed E-state index contributed by atoms with van der Waals surface area (Å²) in [6, 6.07) is 16.1. The van der Waals surface area contributed by atoms with Crippen molar-refractivity contribution in [2.24, 2.45) is 5.41 Å². The van der Waals surface area contributed by atoms with E-state index in [1.54, 1.807) is 0 Å². The van der Waals surface area contributed by atoms with Crippen molar-refractivity contribution in [2.75, 3.05) is 5.32 Å². The SMILES string of the molecule is CC1(C)CC(=O)C2=C(C1)c1c(ccc3ccccc13)NC2c1cc(Br)c(O)c(Br)c1. The molecule has 0 aromatic heterocycles. The van der Waals surface area contributed by atoms with Gasteiger partial charge in [0.25, 0.3) is 0 Å². The van der Waals surface area contributed by atoms with Crippen LogP contribution in [0.5, 0.6) is 5.75 Å². The molecule has 1 heterocycles. The van der Waals surface area contributed by atoms with Crippen LogP contribution in [0.4, 0.5) is 5.69 Å². The van der Waals surface area contributed by atoms with Crippen molar-refractivity contribution in [3.8, 4) is 5.75 Å². The summed E-state index contributed by atoms with van der Waals surface area (Å²) in [5, 5.41) is 16.1. The van der Waals surface area contributed by atoms with Gasteiger partial charge in [-0.2, -0.15) is 0 Å². The number of nitrogens with one attached hydrogen (secondary N) is 1. The number of hydrogen-bond acceptors (Lipinski definition) is 3. The minimum atomic E-state index is -0.259. The highest BCUT2D eigenvalue weighted by Crippen LogP contribution is 2.52. The number of halogens is 2. The van der Waals surface area contributed by atoms with Crippen molar-refractivity contribution in [2.45, 2.75) is 32.7 Å². The van der Waals surface area contributed by atoms with E-state index in [0.717, 1.165) is 34.4 Å². The van der Waals surface area contributed by atoms with Crippen molar-refractivity contribution in [1.82, 2.24) is 0 Å². The maximum absolute atomic E-state index is 13.4. The highest BCUT2D eigenvalue weighted by atomic mass is 79.9. The Morgan fingerprint density at radius 3 is 2.47 bits per heavy atom. The van der Waals surface area contributed by atoms with E-state index in [9.17, 15) is 9.90 Å². The smallest absolute Gasteiger partial charge is 0.162 e. The van der Waals surface area contributed by atoms with Gasteiger partial charge in [0.15, 0.2) is 5.78 Å². The summed E-state index contributed by atoms with van der Waals surface area (Å²) in [5.74, 6) is 0.351. The molecule has 1 aliphatic carbocycles. The van der Waals surface area contributed by atoms with Gasteiger partial charge in [0.1, 0.15) is 5.75 Å². The Labute approximate surface area is 192 Å². The van der Waals surface area contributed by atoms with Gasteiger partial charge in [-0.25, -0.2) is 0 Å². The first-order valence-corrected chi connectivity index (χ1v) is 11.6. The Morgan fingerprint density at radius 2 is 1.73 bits per heavy atom. The van der Waals surface area contributed by atoms with E-state index in [1.165, 1.54) is 10.8 Å². The van der Waals surface area contributed by atoms with E-state index in [-0.39, 0.29) is 23.0 Å². The van der Waals surface area contributed by atoms with E-state index < -0.39 is 0 Å². The minimum Gasteiger partial charge on any atom is -0.506 e. The molecule has 1 unspecified atom stereocenters. The second-order valence-electron chi connectivity index (χ2n) is 8.95. The van der Waals surface area contributed by atoms with Gasteiger partial charge in [0, 0.05) is 23.2 Å². The molecule has 3 aromatic rings. The topological polar surface area (TPSA) is 49.3 Å². The fourth-order valence-corrected chi connectivity index (χ4v) is 6.06. The van der Waals surface area contributed by atoms with Gasteiger partial charge in [-0.3, -0.25) is 4.79 Å². The van der Waals surface area contributed by atoms with E-state index in [0.29, 0.717) is 15.4 Å². The van der Waals surface area contributed by atoms with Crippen molar-refractivity contribution in [1.29, 1.82) is 0 Å². The van der Waals surface area contributed by atoms with Crippen molar-refractivity contribution in [3.05, 3.63) is 74.2 Å². The van der Waals surface area contributed by atoms with Crippen molar-refractivity contribution >= 4 is 59.7 Å². The molecule has 5 heteroatoms. The zero-order valence-electron chi connectivity index (χ0n) is 16.7. The molecule has 152 valence electrons. The number of fused-ring (bicyclic) bond motifs is 4. The van der Waals surface area contributed by atoms with E-state index in [2.05, 4.69) is 81.4 Å². The standard InChI is InChI=1S/C25H21Br2NO2/c1-25(2)11-16-21-15-6-4-3-5-13(15)7-8-19(21)28-23(22(16)20(29)12-25)14-9-17(26)24(30)18(27)10-14/h3-10,23,28,30H,11-12H2,1-2H3. The second kappa shape index (κ2) is 6.96. The van der Waals surface area contributed by atoms with Crippen LogP contribution in [-0.2, 0) is 4.79 Å². The molecule has 0 amide bonds. The van der Waals surface area contributed by atoms with E-state index in [1.807, 2.05) is 18.2 Å². The first-order valence-electron chi connectivity index (χ1n) is 9.98. The van der Waals surface area contributed by atoms with Gasteiger partial charge < -0.3 is 10.4 Å². The monoisotopic (exact) mass is 525 g/mol. The second-order valence-corrected chi connectivity index (χ2v) is 10.7. The third kappa shape index (κ3) is 3.10. The number of phenolic OH excluding ortho intramolecular Hbond substituents is 1. The largest absolute Gasteiger partial charge is 0.506 e. The summed E-state index contributed by atoms with van der Waals surface area (Å²) in [4.78, 5) is 13.4. The number of allylic oxidation sites excluding steroid dienone is 1. The number of Topliss-reactive ketones (excluding diaryl/α,β-unsaturated/α-hetero) is 1. The van der Waals surface area contributed by atoms with Crippen LogP contribution in [0, 0.1) is 5.41 Å². The van der Waals surface area contributed by atoms with Crippen LogP contribution >= 0.6 is 31.9 Å². The minimum absolute atomic E-state index is 0.0812. The molecular weight excluding hydrogens is 506 g/mol. The van der Waals surface area contributed by atoms with Gasteiger partial charge in [0.2, 0.25) is 0 Å². The lowest BCUT2D eigenvalue weighted by atomic mass is 9.68. The van der Waals surface area contributed by atoms with Gasteiger partial charge in [-0.15, -0.1) is 0 Å². The Balaban J connectivity index is 1.80. The molecule has 0 fully saturated rings. The summed E-state index contributed by atoms with van der Waals surface area (Å²) in [7, 11) is 0. The molecule has 3 aromatic carbocycles. The highest BCUT2D eigenvalue weighted by Gasteiger charge is 2.41. The zero-order valence-corrected chi connectivity index (χ0v) is 19.9. The maximum atomic E-state index is 13.4. The lowest BCUT2D eigenvalue weighted by molar-refractivity contribution is -0.118. The number of phenols is 1. The number of aromatic hydroxyl groups is 1. The molecule has 2 aliphatic rings. The zero-order chi connectivity index (χ0) is 21.2. The van der Waals surface area contributed by atoms with Gasteiger partial charge in [0.05, 0.1) is 15.0 Å². The normalized spacial score (nSPS) is 20.0. The van der Waals surface area contributed by atoms with Crippen LogP contribution in [-0.4, -0.2) is 10.9 Å². The Hall–Kier alpha value is -2.11. The number of hydrogen-bond donors (Lipinski definition) is 2. The predicted molar refractivity (Wildman–Crippen MR) is 129 cm³/mol. The molecule has 0 spiro atoms. The number of carbonyl (C=O) groups is 1. The number of carbonyl (C=O) groups excluding carboxylic acids is 1. The number of benzene rings is 3. The van der Waals surface area contributed by atoms with E-state index in [4.69, 9.17) is 0 Å². The predicted octanol–water partition coefficient (Wildman–Crippen LogP) is 7.38. The van der Waals surface area contributed by atoms with Crippen molar-refractivity contribution < 1.29 is 9.90 Å². The molecule has 0 saturated heterocycles. The molecule has 30 heavy (non-hydrogen) atoms. The molecule has 1 aliphatic heterocycles. The summed E-state index contributed by atoms with van der Waals surface area (Å²) in [5.41, 5.74) is 5.05. The Bertz CT molecular complexity index is 1240. The average molecular weight is 527 g/mol. The molecular formula is C25H21Br2NO2. The molecule has 3 nitrogen and oxygen atoms in total. The number of anilines is 1. The highest BCUT2D eigenvalue weighted by molar-refractivity contribution is 9.11.